The number of nitrogens with zero attached hydrogens (tertiary/aromatic N) is 2. The summed E-state index contributed by atoms with van der Waals surface area (Å²) in [6.07, 6.45) is 0. The lowest BCUT2D eigenvalue weighted by Gasteiger charge is -2.18. The molecule has 0 rings (SSSR count). The van der Waals surface area contributed by atoms with Gasteiger partial charge in [-0.3, -0.25) is 4.90 Å². The van der Waals surface area contributed by atoms with E-state index in [1.807, 2.05) is 4.90 Å². The van der Waals surface area contributed by atoms with Crippen LogP contribution < -0.4 is 5.90 Å². The molecule has 0 radical (unpaired) electrons. The zero-order valence-electron chi connectivity index (χ0n) is 8.28. The lowest BCUT2D eigenvalue weighted by atomic mass is 10.4. The molecule has 0 saturated carbocycles. The Morgan fingerprint density at radius 3 is 1.93 bits per heavy atom. The summed E-state index contributed by atoms with van der Waals surface area (Å²) in [4.78, 5) is 14.6. The van der Waals surface area contributed by atoms with Crippen molar-refractivity contribution in [2.75, 3.05) is 39.5 Å². The molecule has 0 heterocycles. The first-order chi connectivity index (χ1) is 7.08. The van der Waals surface area contributed by atoms with Crippen LogP contribution in [-0.2, 0) is 4.84 Å². The minimum Gasteiger partial charge on any atom is -0.395 e. The van der Waals surface area contributed by atoms with Gasteiger partial charge in [0.05, 0.1) is 19.8 Å². The maximum atomic E-state index is 8.57. The molecule has 0 aliphatic rings. The fourth-order valence-corrected chi connectivity index (χ4v) is 0.800. The maximum absolute atomic E-state index is 8.57. The van der Waals surface area contributed by atoms with Gasteiger partial charge in [0.1, 0.15) is 0 Å². The third kappa shape index (κ3) is 19.4. The predicted molar refractivity (Wildman–Crippen MR) is 49.5 cm³/mol. The van der Waals surface area contributed by atoms with E-state index in [1.54, 1.807) is 0 Å². The maximum Gasteiger partial charge on any atom is 0.291 e. The highest BCUT2D eigenvalue weighted by atomic mass is 16.9. The molecular formula is C6H17N3O6. The first-order valence-electron chi connectivity index (χ1n) is 4.17. The van der Waals surface area contributed by atoms with E-state index in [-0.39, 0.29) is 13.2 Å². The Kier molecular flexibility index (Phi) is 14.2. The average Bonchev–Trinajstić information content (AvgIpc) is 2.14. The van der Waals surface area contributed by atoms with Crippen molar-refractivity contribution >= 4 is 0 Å². The van der Waals surface area contributed by atoms with E-state index in [2.05, 4.69) is 4.84 Å². The van der Waals surface area contributed by atoms with Gasteiger partial charge in [-0.25, -0.2) is 5.90 Å². The third-order valence-corrected chi connectivity index (χ3v) is 1.36. The molecule has 0 bridgehead atoms. The van der Waals surface area contributed by atoms with Crippen LogP contribution in [-0.4, -0.2) is 64.9 Å². The molecule has 0 unspecified atom stereocenters. The topological polar surface area (TPSA) is 142 Å². The van der Waals surface area contributed by atoms with E-state index in [4.69, 9.17) is 31.4 Å². The minimum absolute atomic E-state index is 0.0879. The Bertz CT molecular complexity index is 137. The Labute approximate surface area is 86.7 Å². The molecule has 0 saturated heterocycles. The summed E-state index contributed by atoms with van der Waals surface area (Å²) < 4.78 is 0. The van der Waals surface area contributed by atoms with Gasteiger partial charge in [0.2, 0.25) is 0 Å². The van der Waals surface area contributed by atoms with Gasteiger partial charge in [0, 0.05) is 19.6 Å². The van der Waals surface area contributed by atoms with Gasteiger partial charge in [-0.1, -0.05) is 0 Å². The summed E-state index contributed by atoms with van der Waals surface area (Å²) in [5.74, 6) is 4.82. The zero-order valence-corrected chi connectivity index (χ0v) is 8.28. The summed E-state index contributed by atoms with van der Waals surface area (Å²) in [5, 5.41) is 30.8. The van der Waals surface area contributed by atoms with E-state index < -0.39 is 5.09 Å². The number of nitrogens with two attached hydrogens (primary N) is 1. The largest absolute Gasteiger partial charge is 0.395 e. The van der Waals surface area contributed by atoms with Crippen molar-refractivity contribution in [3.63, 3.8) is 0 Å². The second-order valence-corrected chi connectivity index (χ2v) is 2.40. The molecular weight excluding hydrogens is 210 g/mol. The third-order valence-electron chi connectivity index (χ3n) is 1.36. The Hall–Kier alpha value is -1.00. The quantitative estimate of drug-likeness (QED) is 0.284. The fourth-order valence-electron chi connectivity index (χ4n) is 0.800. The highest BCUT2D eigenvalue weighted by molar-refractivity contribution is 4.54. The summed E-state index contributed by atoms with van der Waals surface area (Å²) in [6, 6.07) is 0. The molecule has 0 fully saturated rings. The van der Waals surface area contributed by atoms with Crippen LogP contribution in [0.1, 0.15) is 0 Å². The minimum atomic E-state index is -1.50. The second kappa shape index (κ2) is 13.0. The average molecular weight is 227 g/mol. The number of aliphatic hydroxyl groups is 2. The molecule has 15 heavy (non-hydrogen) atoms. The van der Waals surface area contributed by atoms with Gasteiger partial charge in [-0.05, 0) is 0 Å². The van der Waals surface area contributed by atoms with E-state index in [9.17, 15) is 0 Å². The SMILES string of the molecule is NOCCN(CCO)CCO.O=[N+]([O-])O. The van der Waals surface area contributed by atoms with Crippen molar-refractivity contribution in [2.45, 2.75) is 0 Å². The summed E-state index contributed by atoms with van der Waals surface area (Å²) in [6.45, 7) is 2.32. The van der Waals surface area contributed by atoms with Crippen LogP contribution >= 0.6 is 0 Å². The van der Waals surface area contributed by atoms with Crippen LogP contribution in [0.4, 0.5) is 0 Å². The number of hydrogen-bond acceptors (Lipinski definition) is 7. The van der Waals surface area contributed by atoms with Crippen LogP contribution in [0.25, 0.3) is 0 Å². The lowest BCUT2D eigenvalue weighted by Crippen LogP contribution is -2.33. The molecule has 5 N–H and O–H groups in total. The Morgan fingerprint density at radius 1 is 1.27 bits per heavy atom. The summed E-state index contributed by atoms with van der Waals surface area (Å²) in [5.41, 5.74) is 0. The van der Waals surface area contributed by atoms with Crippen LogP contribution in [0.2, 0.25) is 0 Å². The first kappa shape index (κ1) is 16.4. The van der Waals surface area contributed by atoms with Crippen LogP contribution in [0.15, 0.2) is 0 Å². The number of rotatable bonds is 7. The lowest BCUT2D eigenvalue weighted by molar-refractivity contribution is -0.742. The van der Waals surface area contributed by atoms with Crippen molar-refractivity contribution in [1.29, 1.82) is 0 Å². The summed E-state index contributed by atoms with van der Waals surface area (Å²) >= 11 is 0. The van der Waals surface area contributed by atoms with Gasteiger partial charge in [0.25, 0.3) is 5.09 Å². The molecule has 0 aliphatic carbocycles. The van der Waals surface area contributed by atoms with E-state index >= 15 is 0 Å². The molecule has 0 amide bonds. The predicted octanol–water partition coefficient (Wildman–Crippen LogP) is -2.18. The van der Waals surface area contributed by atoms with E-state index in [1.165, 1.54) is 0 Å². The molecule has 92 valence electrons. The monoisotopic (exact) mass is 227 g/mol. The smallest absolute Gasteiger partial charge is 0.291 e. The normalized spacial score (nSPS) is 9.60. The highest BCUT2D eigenvalue weighted by Crippen LogP contribution is 1.85. The summed E-state index contributed by atoms with van der Waals surface area (Å²) in [7, 11) is 0. The molecule has 0 aromatic carbocycles. The van der Waals surface area contributed by atoms with Crippen molar-refractivity contribution in [3.8, 4) is 0 Å². The number of hydrogen-bond donors (Lipinski definition) is 4. The van der Waals surface area contributed by atoms with Gasteiger partial charge >= 0.3 is 0 Å². The molecule has 0 aromatic heterocycles. The highest BCUT2D eigenvalue weighted by Gasteiger charge is 2.01. The van der Waals surface area contributed by atoms with Crippen molar-refractivity contribution < 1.29 is 25.3 Å². The molecule has 0 aromatic rings. The molecule has 0 atom stereocenters. The molecule has 9 heteroatoms. The zero-order chi connectivity index (χ0) is 12.1. The standard InChI is InChI=1S/C6H16N2O3.HNO3/c7-11-6-3-8(1-4-9)2-5-10;2-1(3)4/h9-10H,1-7H2;(H,2,3,4). The van der Waals surface area contributed by atoms with Crippen LogP contribution in [0.5, 0.6) is 0 Å². The fraction of sp³-hybridized carbons (Fsp3) is 1.00. The van der Waals surface area contributed by atoms with E-state index in [0.717, 1.165) is 0 Å². The van der Waals surface area contributed by atoms with Crippen molar-refractivity contribution in [1.82, 2.24) is 4.90 Å². The van der Waals surface area contributed by atoms with Gasteiger partial charge < -0.3 is 20.3 Å². The van der Waals surface area contributed by atoms with E-state index in [0.29, 0.717) is 26.2 Å². The van der Waals surface area contributed by atoms with Gasteiger partial charge in [-0.15, -0.1) is 10.1 Å². The number of aliphatic hydroxyl groups excluding tert-OH is 2. The first-order valence-corrected chi connectivity index (χ1v) is 4.17. The van der Waals surface area contributed by atoms with Crippen LogP contribution in [0.3, 0.4) is 0 Å². The van der Waals surface area contributed by atoms with Crippen LogP contribution in [0, 0.1) is 10.1 Å². The second-order valence-electron chi connectivity index (χ2n) is 2.40. The van der Waals surface area contributed by atoms with Crippen molar-refractivity contribution in [2.24, 2.45) is 5.90 Å². The Balaban J connectivity index is 0. The molecule has 0 aliphatic heterocycles. The Morgan fingerprint density at radius 2 is 1.67 bits per heavy atom. The molecule has 9 nitrogen and oxygen atoms in total. The van der Waals surface area contributed by atoms with Gasteiger partial charge in [-0.2, -0.15) is 0 Å². The van der Waals surface area contributed by atoms with Crippen molar-refractivity contribution in [3.05, 3.63) is 10.1 Å². The van der Waals surface area contributed by atoms with Gasteiger partial charge in [0.15, 0.2) is 0 Å². The molecule has 0 spiro atoms.